The molecule has 0 saturated heterocycles. The van der Waals surface area contributed by atoms with E-state index in [1.807, 2.05) is 23.8 Å². The summed E-state index contributed by atoms with van der Waals surface area (Å²) in [7, 11) is 0. The molecule has 7 heteroatoms. The SMILES string of the molecule is CC(NC(=O)c1ccnc(NN)c1F)c1ccsc1. The number of carbonyl (C=O) groups excluding carboxylic acids is 1. The largest absolute Gasteiger partial charge is 0.345 e. The van der Waals surface area contributed by atoms with Gasteiger partial charge < -0.3 is 10.7 Å². The van der Waals surface area contributed by atoms with Gasteiger partial charge in [-0.3, -0.25) is 4.79 Å². The van der Waals surface area contributed by atoms with Crippen LogP contribution in [0.25, 0.3) is 0 Å². The maximum Gasteiger partial charge on any atom is 0.254 e. The molecule has 1 unspecified atom stereocenters. The highest BCUT2D eigenvalue weighted by atomic mass is 32.1. The lowest BCUT2D eigenvalue weighted by Gasteiger charge is -2.13. The van der Waals surface area contributed by atoms with E-state index in [2.05, 4.69) is 15.7 Å². The van der Waals surface area contributed by atoms with E-state index < -0.39 is 11.7 Å². The number of carbonyl (C=O) groups is 1. The van der Waals surface area contributed by atoms with Crippen LogP contribution in [0.3, 0.4) is 0 Å². The van der Waals surface area contributed by atoms with Crippen molar-refractivity contribution in [2.75, 3.05) is 5.43 Å². The molecular weight excluding hydrogens is 267 g/mol. The Morgan fingerprint density at radius 3 is 2.95 bits per heavy atom. The Morgan fingerprint density at radius 1 is 1.53 bits per heavy atom. The van der Waals surface area contributed by atoms with Gasteiger partial charge in [0.25, 0.3) is 5.91 Å². The van der Waals surface area contributed by atoms with Crippen LogP contribution in [0.1, 0.15) is 28.9 Å². The molecule has 0 radical (unpaired) electrons. The molecule has 2 heterocycles. The van der Waals surface area contributed by atoms with Crippen LogP contribution in [-0.2, 0) is 0 Å². The van der Waals surface area contributed by atoms with E-state index in [1.54, 1.807) is 0 Å². The van der Waals surface area contributed by atoms with Crippen molar-refractivity contribution in [1.29, 1.82) is 0 Å². The standard InChI is InChI=1S/C12H13FN4OS/c1-7(8-3-5-19-6-8)16-12(18)9-2-4-15-11(17-14)10(9)13/h2-7H,14H2,1H3,(H,15,17)(H,16,18). The molecule has 0 fully saturated rings. The highest BCUT2D eigenvalue weighted by Gasteiger charge is 2.18. The van der Waals surface area contributed by atoms with E-state index in [0.717, 1.165) is 5.56 Å². The van der Waals surface area contributed by atoms with Crippen molar-refractivity contribution >= 4 is 23.1 Å². The molecule has 2 aromatic heterocycles. The number of amides is 1. The molecule has 0 bridgehead atoms. The molecule has 0 aliphatic carbocycles. The van der Waals surface area contributed by atoms with Crippen LogP contribution in [0.2, 0.25) is 0 Å². The number of hydrogen-bond donors (Lipinski definition) is 3. The van der Waals surface area contributed by atoms with E-state index in [4.69, 9.17) is 5.84 Å². The summed E-state index contributed by atoms with van der Waals surface area (Å²) in [4.78, 5) is 15.7. The third-order valence-electron chi connectivity index (χ3n) is 2.66. The van der Waals surface area contributed by atoms with Gasteiger partial charge in [-0.2, -0.15) is 11.3 Å². The third-order valence-corrected chi connectivity index (χ3v) is 3.36. The highest BCUT2D eigenvalue weighted by Crippen LogP contribution is 2.18. The zero-order chi connectivity index (χ0) is 13.8. The summed E-state index contributed by atoms with van der Waals surface area (Å²) < 4.78 is 13.9. The van der Waals surface area contributed by atoms with Crippen LogP contribution in [0.15, 0.2) is 29.1 Å². The molecule has 0 spiro atoms. The summed E-state index contributed by atoms with van der Waals surface area (Å²) in [6, 6.07) is 3.03. The first kappa shape index (κ1) is 13.4. The Hall–Kier alpha value is -1.99. The van der Waals surface area contributed by atoms with Gasteiger partial charge in [-0.25, -0.2) is 15.2 Å². The summed E-state index contributed by atoms with van der Waals surface area (Å²) in [5.41, 5.74) is 2.99. The normalized spacial score (nSPS) is 11.9. The van der Waals surface area contributed by atoms with Crippen molar-refractivity contribution in [1.82, 2.24) is 10.3 Å². The molecule has 100 valence electrons. The second-order valence-electron chi connectivity index (χ2n) is 3.92. The van der Waals surface area contributed by atoms with Gasteiger partial charge >= 0.3 is 0 Å². The van der Waals surface area contributed by atoms with Gasteiger partial charge in [0.2, 0.25) is 0 Å². The monoisotopic (exact) mass is 280 g/mol. The molecule has 0 aliphatic rings. The molecule has 0 saturated carbocycles. The van der Waals surface area contributed by atoms with Gasteiger partial charge in [0.15, 0.2) is 11.6 Å². The fourth-order valence-electron chi connectivity index (χ4n) is 1.60. The predicted octanol–water partition coefficient (Wildman–Crippen LogP) is 2.06. The van der Waals surface area contributed by atoms with Gasteiger partial charge in [0, 0.05) is 6.20 Å². The van der Waals surface area contributed by atoms with Crippen LogP contribution < -0.4 is 16.6 Å². The number of hydrogen-bond acceptors (Lipinski definition) is 5. The number of nitrogens with one attached hydrogen (secondary N) is 2. The first-order valence-electron chi connectivity index (χ1n) is 5.57. The minimum absolute atomic E-state index is 0.0926. The minimum atomic E-state index is -0.764. The van der Waals surface area contributed by atoms with Crippen molar-refractivity contribution in [3.63, 3.8) is 0 Å². The summed E-state index contributed by atoms with van der Waals surface area (Å²) >= 11 is 1.54. The zero-order valence-electron chi connectivity index (χ0n) is 10.2. The number of nitrogens with zero attached hydrogens (tertiary/aromatic N) is 1. The van der Waals surface area contributed by atoms with Crippen LogP contribution in [0.5, 0.6) is 0 Å². The maximum atomic E-state index is 13.9. The number of nitrogen functional groups attached to an aromatic ring is 1. The summed E-state index contributed by atoms with van der Waals surface area (Å²) in [5.74, 6) is 3.69. The Kier molecular flexibility index (Phi) is 4.08. The fourth-order valence-corrected chi connectivity index (χ4v) is 2.35. The summed E-state index contributed by atoms with van der Waals surface area (Å²) in [6.07, 6.45) is 1.32. The molecule has 4 N–H and O–H groups in total. The number of hydrazine groups is 1. The second kappa shape index (κ2) is 5.77. The lowest BCUT2D eigenvalue weighted by Crippen LogP contribution is -2.27. The molecule has 1 atom stereocenters. The lowest BCUT2D eigenvalue weighted by atomic mass is 10.1. The quantitative estimate of drug-likeness (QED) is 0.591. The number of rotatable bonds is 4. The van der Waals surface area contributed by atoms with Gasteiger partial charge in [-0.1, -0.05) is 0 Å². The Bertz CT molecular complexity index is 573. The van der Waals surface area contributed by atoms with Gasteiger partial charge in [0.1, 0.15) is 0 Å². The average Bonchev–Trinajstić information content (AvgIpc) is 2.92. The van der Waals surface area contributed by atoms with Gasteiger partial charge in [-0.15, -0.1) is 0 Å². The van der Waals surface area contributed by atoms with E-state index in [1.165, 1.54) is 23.6 Å². The Morgan fingerprint density at radius 2 is 2.32 bits per heavy atom. The van der Waals surface area contributed by atoms with Crippen LogP contribution in [-0.4, -0.2) is 10.9 Å². The van der Waals surface area contributed by atoms with Gasteiger partial charge in [-0.05, 0) is 35.4 Å². The van der Waals surface area contributed by atoms with E-state index >= 15 is 0 Å². The molecule has 19 heavy (non-hydrogen) atoms. The van der Waals surface area contributed by atoms with E-state index in [9.17, 15) is 9.18 Å². The first-order chi connectivity index (χ1) is 9.13. The van der Waals surface area contributed by atoms with E-state index in [0.29, 0.717) is 0 Å². The van der Waals surface area contributed by atoms with Crippen molar-refractivity contribution in [2.45, 2.75) is 13.0 Å². The number of nitrogens with two attached hydrogens (primary N) is 1. The fraction of sp³-hybridized carbons (Fsp3) is 0.167. The highest BCUT2D eigenvalue weighted by molar-refractivity contribution is 7.07. The predicted molar refractivity (Wildman–Crippen MR) is 72.2 cm³/mol. The molecule has 0 aliphatic heterocycles. The van der Waals surface area contributed by atoms with Crippen molar-refractivity contribution in [2.24, 2.45) is 5.84 Å². The van der Waals surface area contributed by atoms with E-state index in [-0.39, 0.29) is 17.4 Å². The zero-order valence-corrected chi connectivity index (χ0v) is 11.0. The van der Waals surface area contributed by atoms with Crippen molar-refractivity contribution in [3.05, 3.63) is 46.0 Å². The number of pyridine rings is 1. The Balaban J connectivity index is 2.16. The third kappa shape index (κ3) is 2.88. The summed E-state index contributed by atoms with van der Waals surface area (Å²) in [5, 5.41) is 6.57. The number of thiophene rings is 1. The average molecular weight is 280 g/mol. The van der Waals surface area contributed by atoms with Crippen LogP contribution in [0.4, 0.5) is 10.2 Å². The molecule has 5 nitrogen and oxygen atoms in total. The Labute approximate surface area is 113 Å². The molecular formula is C12H13FN4OS. The topological polar surface area (TPSA) is 80.0 Å². The second-order valence-corrected chi connectivity index (χ2v) is 4.70. The molecule has 0 aromatic carbocycles. The molecule has 2 aromatic rings. The number of halogens is 1. The van der Waals surface area contributed by atoms with Crippen molar-refractivity contribution < 1.29 is 9.18 Å². The van der Waals surface area contributed by atoms with Crippen molar-refractivity contribution in [3.8, 4) is 0 Å². The molecule has 1 amide bonds. The van der Waals surface area contributed by atoms with Gasteiger partial charge in [0.05, 0.1) is 11.6 Å². The summed E-state index contributed by atoms with van der Waals surface area (Å²) in [6.45, 7) is 1.83. The first-order valence-corrected chi connectivity index (χ1v) is 6.52. The lowest BCUT2D eigenvalue weighted by molar-refractivity contribution is 0.0936. The smallest absolute Gasteiger partial charge is 0.254 e. The maximum absolute atomic E-state index is 13.9. The van der Waals surface area contributed by atoms with Crippen LogP contribution >= 0.6 is 11.3 Å². The number of aromatic nitrogens is 1. The number of anilines is 1. The minimum Gasteiger partial charge on any atom is -0.345 e. The van der Waals surface area contributed by atoms with Crippen LogP contribution in [0, 0.1) is 5.82 Å². The molecule has 2 rings (SSSR count).